The van der Waals surface area contributed by atoms with Crippen LogP contribution < -0.4 is 10.0 Å². The van der Waals surface area contributed by atoms with Crippen LogP contribution in [-0.2, 0) is 10.2 Å². The molecule has 0 radical (unpaired) electrons. The standard InChI is InChI=1S/C12H22F3N3O2S/c13-12(14,15)6-7-17-21(19,20)18-8-2-1-3-11(18)9-16-10-4-5-10/h10-11,16-17H,1-9H2. The van der Waals surface area contributed by atoms with Gasteiger partial charge >= 0.3 is 6.18 Å². The van der Waals surface area contributed by atoms with Gasteiger partial charge in [-0.05, 0) is 25.7 Å². The minimum absolute atomic E-state index is 0.164. The Bertz CT molecular complexity index is 438. The smallest absolute Gasteiger partial charge is 0.312 e. The highest BCUT2D eigenvalue weighted by atomic mass is 32.2. The molecule has 2 aliphatic rings. The number of halogens is 3. The van der Waals surface area contributed by atoms with Crippen LogP contribution >= 0.6 is 0 Å². The summed E-state index contributed by atoms with van der Waals surface area (Å²) in [6.07, 6.45) is -0.819. The van der Waals surface area contributed by atoms with E-state index in [2.05, 4.69) is 10.0 Å². The van der Waals surface area contributed by atoms with Crippen LogP contribution in [0.5, 0.6) is 0 Å². The van der Waals surface area contributed by atoms with Crippen molar-refractivity contribution in [3.63, 3.8) is 0 Å². The second kappa shape index (κ2) is 6.80. The predicted molar refractivity (Wildman–Crippen MR) is 73.0 cm³/mol. The molecule has 2 N–H and O–H groups in total. The Morgan fingerprint density at radius 3 is 2.48 bits per heavy atom. The number of hydrogen-bond acceptors (Lipinski definition) is 3. The zero-order valence-corrected chi connectivity index (χ0v) is 12.6. The summed E-state index contributed by atoms with van der Waals surface area (Å²) in [6.45, 7) is 0.342. The summed E-state index contributed by atoms with van der Waals surface area (Å²) in [7, 11) is -3.84. The van der Waals surface area contributed by atoms with Gasteiger partial charge < -0.3 is 5.32 Å². The molecule has 9 heteroatoms. The van der Waals surface area contributed by atoms with Crippen LogP contribution in [0.2, 0.25) is 0 Å². The van der Waals surface area contributed by atoms with Gasteiger partial charge in [-0.15, -0.1) is 0 Å². The van der Waals surface area contributed by atoms with Gasteiger partial charge in [0, 0.05) is 31.7 Å². The molecule has 0 aromatic carbocycles. The lowest BCUT2D eigenvalue weighted by Gasteiger charge is -2.34. The van der Waals surface area contributed by atoms with Crippen LogP contribution in [-0.4, -0.2) is 50.6 Å². The Balaban J connectivity index is 1.87. The lowest BCUT2D eigenvalue weighted by molar-refractivity contribution is -0.132. The minimum Gasteiger partial charge on any atom is -0.312 e. The fourth-order valence-corrected chi connectivity index (χ4v) is 3.96. The number of hydrogen-bond donors (Lipinski definition) is 2. The van der Waals surface area contributed by atoms with E-state index in [1.807, 2.05) is 0 Å². The van der Waals surface area contributed by atoms with Crippen molar-refractivity contribution in [3.05, 3.63) is 0 Å². The van der Waals surface area contributed by atoms with Crippen molar-refractivity contribution in [2.24, 2.45) is 0 Å². The van der Waals surface area contributed by atoms with Gasteiger partial charge in [0.15, 0.2) is 0 Å². The monoisotopic (exact) mass is 329 g/mol. The summed E-state index contributed by atoms with van der Waals surface area (Å²) in [6, 6.07) is 0.317. The average Bonchev–Trinajstić information content (AvgIpc) is 3.19. The second-order valence-corrected chi connectivity index (χ2v) is 7.42. The van der Waals surface area contributed by atoms with Crippen molar-refractivity contribution < 1.29 is 21.6 Å². The Hall–Kier alpha value is -0.380. The lowest BCUT2D eigenvalue weighted by atomic mass is 10.1. The average molecular weight is 329 g/mol. The van der Waals surface area contributed by atoms with Gasteiger partial charge in [-0.25, -0.2) is 4.72 Å². The van der Waals surface area contributed by atoms with Crippen LogP contribution in [0, 0.1) is 0 Å². The van der Waals surface area contributed by atoms with Gasteiger partial charge in [0.2, 0.25) is 0 Å². The highest BCUT2D eigenvalue weighted by molar-refractivity contribution is 7.87. The van der Waals surface area contributed by atoms with E-state index < -0.39 is 29.4 Å². The van der Waals surface area contributed by atoms with Gasteiger partial charge in [-0.3, -0.25) is 0 Å². The number of nitrogens with one attached hydrogen (secondary N) is 2. The highest BCUT2D eigenvalue weighted by Gasteiger charge is 2.34. The highest BCUT2D eigenvalue weighted by Crippen LogP contribution is 2.23. The summed E-state index contributed by atoms with van der Waals surface area (Å²) in [5.74, 6) is 0. The topological polar surface area (TPSA) is 61.4 Å². The first-order valence-corrected chi connectivity index (χ1v) is 8.78. The van der Waals surface area contributed by atoms with E-state index in [9.17, 15) is 21.6 Å². The molecule has 0 aromatic heterocycles. The van der Waals surface area contributed by atoms with Crippen LogP contribution in [0.3, 0.4) is 0 Å². The van der Waals surface area contributed by atoms with E-state index in [4.69, 9.17) is 0 Å². The maximum atomic E-state index is 12.2. The fourth-order valence-electron chi connectivity index (χ4n) is 2.49. The molecule has 0 aromatic rings. The minimum atomic E-state index is -4.35. The first-order valence-electron chi connectivity index (χ1n) is 7.34. The van der Waals surface area contributed by atoms with Gasteiger partial charge in [-0.2, -0.15) is 25.9 Å². The Kier molecular flexibility index (Phi) is 5.50. The molecule has 1 aliphatic carbocycles. The summed E-state index contributed by atoms with van der Waals surface area (Å²) < 4.78 is 64.0. The summed E-state index contributed by atoms with van der Waals surface area (Å²) in [5, 5.41) is 3.29. The maximum absolute atomic E-state index is 12.2. The zero-order valence-electron chi connectivity index (χ0n) is 11.8. The largest absolute Gasteiger partial charge is 0.390 e. The van der Waals surface area contributed by atoms with Crippen LogP contribution in [0.4, 0.5) is 13.2 Å². The van der Waals surface area contributed by atoms with Crippen molar-refractivity contribution in [1.29, 1.82) is 0 Å². The molecule has 21 heavy (non-hydrogen) atoms. The number of nitrogens with zero attached hydrogens (tertiary/aromatic N) is 1. The molecule has 2 fully saturated rings. The molecule has 1 heterocycles. The van der Waals surface area contributed by atoms with E-state index in [0.29, 0.717) is 19.1 Å². The molecule has 1 unspecified atom stereocenters. The molecule has 1 saturated heterocycles. The van der Waals surface area contributed by atoms with E-state index >= 15 is 0 Å². The molecule has 1 saturated carbocycles. The normalized spacial score (nSPS) is 25.2. The Morgan fingerprint density at radius 1 is 1.14 bits per heavy atom. The van der Waals surface area contributed by atoms with Crippen LogP contribution in [0.1, 0.15) is 38.5 Å². The number of rotatable bonds is 7. The van der Waals surface area contributed by atoms with Crippen molar-refractivity contribution in [3.8, 4) is 0 Å². The van der Waals surface area contributed by atoms with E-state index in [-0.39, 0.29) is 6.04 Å². The Labute approximate surface area is 123 Å². The molecule has 2 rings (SSSR count). The third-order valence-electron chi connectivity index (χ3n) is 3.79. The molecule has 0 amide bonds. The quantitative estimate of drug-likeness (QED) is 0.742. The molecule has 1 aliphatic heterocycles. The second-order valence-electron chi connectivity index (χ2n) is 5.71. The third kappa shape index (κ3) is 5.72. The molecular formula is C12H22F3N3O2S. The van der Waals surface area contributed by atoms with Crippen molar-refractivity contribution >= 4 is 10.2 Å². The fraction of sp³-hybridized carbons (Fsp3) is 1.00. The predicted octanol–water partition coefficient (Wildman–Crippen LogP) is 1.38. The summed E-state index contributed by atoms with van der Waals surface area (Å²) in [4.78, 5) is 0. The maximum Gasteiger partial charge on any atom is 0.390 e. The lowest BCUT2D eigenvalue weighted by Crippen LogP contribution is -2.52. The van der Waals surface area contributed by atoms with Crippen molar-refractivity contribution in [2.45, 2.75) is 56.8 Å². The molecule has 0 bridgehead atoms. The number of alkyl halides is 3. The molecular weight excluding hydrogens is 307 g/mol. The number of piperidine rings is 1. The van der Waals surface area contributed by atoms with Crippen LogP contribution in [0.25, 0.3) is 0 Å². The van der Waals surface area contributed by atoms with E-state index in [1.165, 1.54) is 4.31 Å². The Morgan fingerprint density at radius 2 is 1.86 bits per heavy atom. The summed E-state index contributed by atoms with van der Waals surface area (Å²) in [5.41, 5.74) is 0. The van der Waals surface area contributed by atoms with Crippen molar-refractivity contribution in [1.82, 2.24) is 14.3 Å². The third-order valence-corrected chi connectivity index (χ3v) is 5.46. The molecule has 1 atom stereocenters. The van der Waals surface area contributed by atoms with Crippen molar-refractivity contribution in [2.75, 3.05) is 19.6 Å². The first-order chi connectivity index (χ1) is 9.78. The van der Waals surface area contributed by atoms with Gasteiger partial charge in [0.1, 0.15) is 0 Å². The summed E-state index contributed by atoms with van der Waals surface area (Å²) >= 11 is 0. The first kappa shape index (κ1) is 17.0. The van der Waals surface area contributed by atoms with Gasteiger partial charge in [0.05, 0.1) is 6.42 Å². The molecule has 0 spiro atoms. The van der Waals surface area contributed by atoms with E-state index in [0.717, 1.165) is 32.1 Å². The van der Waals surface area contributed by atoms with Gasteiger partial charge in [0.25, 0.3) is 10.2 Å². The zero-order chi connectivity index (χ0) is 15.5. The molecule has 5 nitrogen and oxygen atoms in total. The van der Waals surface area contributed by atoms with Gasteiger partial charge in [-0.1, -0.05) is 6.42 Å². The SMILES string of the molecule is O=S(=O)(NCCC(F)(F)F)N1CCCCC1CNC1CC1. The van der Waals surface area contributed by atoms with Crippen LogP contribution in [0.15, 0.2) is 0 Å². The molecule has 124 valence electrons. The van der Waals surface area contributed by atoms with E-state index in [1.54, 1.807) is 0 Å².